The largest absolute Gasteiger partial charge is 0.310 e. The Morgan fingerprint density at radius 2 is 0.514 bits per heavy atom. The Morgan fingerprint density at radius 1 is 0.270 bits per heavy atom. The topological polar surface area (TPSA) is 6.48 Å². The third kappa shape index (κ3) is 5.44. The van der Waals surface area contributed by atoms with Gasteiger partial charge in [0, 0.05) is 34.1 Å². The molecule has 2 heteroatoms. The first kappa shape index (κ1) is 24.4. The van der Waals surface area contributed by atoms with Crippen molar-refractivity contribution in [2.45, 2.75) is 34.6 Å². The fourth-order valence-electron chi connectivity index (χ4n) is 4.67. The molecule has 0 fully saturated rings. The third-order valence-electron chi connectivity index (χ3n) is 6.73. The summed E-state index contributed by atoms with van der Waals surface area (Å²) in [5.41, 5.74) is 13.0. The molecule has 0 aliphatic heterocycles. The van der Waals surface area contributed by atoms with Crippen LogP contribution in [0.5, 0.6) is 0 Å². The maximum Gasteiger partial charge on any atom is 0.0485 e. The molecule has 0 unspecified atom stereocenters. The smallest absolute Gasteiger partial charge is 0.0485 e. The van der Waals surface area contributed by atoms with Crippen LogP contribution < -0.4 is 9.80 Å². The summed E-state index contributed by atoms with van der Waals surface area (Å²) in [5, 5.41) is 0. The molecule has 0 spiro atoms. The van der Waals surface area contributed by atoms with Gasteiger partial charge in [0.05, 0.1) is 0 Å². The number of hydrogen-bond acceptors (Lipinski definition) is 2. The Hall–Kier alpha value is -4.30. The molecule has 0 amide bonds. The van der Waals surface area contributed by atoms with E-state index in [1.54, 1.807) is 0 Å². The van der Waals surface area contributed by atoms with Crippen molar-refractivity contribution in [3.63, 3.8) is 0 Å². The Kier molecular flexibility index (Phi) is 6.83. The van der Waals surface area contributed by atoms with Crippen LogP contribution in [0.1, 0.15) is 27.8 Å². The molecule has 0 bridgehead atoms. The maximum absolute atomic E-state index is 2.35. The number of anilines is 6. The molecule has 0 N–H and O–H groups in total. The van der Waals surface area contributed by atoms with Crippen molar-refractivity contribution in [3.8, 4) is 0 Å². The lowest BCUT2D eigenvalue weighted by Gasteiger charge is -2.30. The molecule has 0 aliphatic rings. The standard InChI is InChI=1S/C35H34N2/c1-25-6-14-30(15-7-25)36(31-16-8-26(2)9-17-31)34-22-29(5)23-35(24-34)37(32-18-10-27(3)11-19-32)33-20-12-28(4)13-21-33/h6-24H,1-5H3. The average Bonchev–Trinajstić information content (AvgIpc) is 2.89. The van der Waals surface area contributed by atoms with Gasteiger partial charge in [-0.3, -0.25) is 0 Å². The predicted octanol–water partition coefficient (Wildman–Crippen LogP) is 10.2. The van der Waals surface area contributed by atoms with Gasteiger partial charge in [0.2, 0.25) is 0 Å². The number of rotatable bonds is 6. The maximum atomic E-state index is 2.35. The lowest BCUT2D eigenvalue weighted by atomic mass is 10.1. The summed E-state index contributed by atoms with van der Waals surface area (Å²) in [6.45, 7) is 10.7. The van der Waals surface area contributed by atoms with Crippen LogP contribution in [0.25, 0.3) is 0 Å². The molecule has 0 atom stereocenters. The molecule has 37 heavy (non-hydrogen) atoms. The second-order valence-corrected chi connectivity index (χ2v) is 10.0. The fourth-order valence-corrected chi connectivity index (χ4v) is 4.67. The number of nitrogens with zero attached hydrogens (tertiary/aromatic N) is 2. The fraction of sp³-hybridized carbons (Fsp3) is 0.143. The van der Waals surface area contributed by atoms with E-state index in [4.69, 9.17) is 0 Å². The molecular weight excluding hydrogens is 448 g/mol. The summed E-state index contributed by atoms with van der Waals surface area (Å²) in [6, 6.07) is 41.9. The minimum atomic E-state index is 1.13. The summed E-state index contributed by atoms with van der Waals surface area (Å²) in [7, 11) is 0. The summed E-state index contributed by atoms with van der Waals surface area (Å²) in [4.78, 5) is 4.69. The molecule has 0 aliphatic carbocycles. The first-order chi connectivity index (χ1) is 17.9. The van der Waals surface area contributed by atoms with Crippen LogP contribution in [0.2, 0.25) is 0 Å². The van der Waals surface area contributed by atoms with Gasteiger partial charge in [0.15, 0.2) is 0 Å². The predicted molar refractivity (Wildman–Crippen MR) is 159 cm³/mol. The molecule has 0 radical (unpaired) electrons. The van der Waals surface area contributed by atoms with Crippen LogP contribution in [-0.4, -0.2) is 0 Å². The van der Waals surface area contributed by atoms with Gasteiger partial charge in [0.25, 0.3) is 0 Å². The van der Waals surface area contributed by atoms with Gasteiger partial charge in [0.1, 0.15) is 0 Å². The molecule has 5 rings (SSSR count). The lowest BCUT2D eigenvalue weighted by molar-refractivity contribution is 1.22. The van der Waals surface area contributed by atoms with Gasteiger partial charge in [-0.15, -0.1) is 0 Å². The number of benzene rings is 5. The summed E-state index contributed by atoms with van der Waals surface area (Å²) in [6.07, 6.45) is 0. The zero-order chi connectivity index (χ0) is 25.9. The van der Waals surface area contributed by atoms with Gasteiger partial charge in [-0.05, 0) is 107 Å². The molecule has 184 valence electrons. The third-order valence-corrected chi connectivity index (χ3v) is 6.73. The van der Waals surface area contributed by atoms with E-state index >= 15 is 0 Å². The number of aryl methyl sites for hydroxylation is 5. The van der Waals surface area contributed by atoms with Crippen molar-refractivity contribution in [2.75, 3.05) is 9.80 Å². The van der Waals surface area contributed by atoms with Crippen LogP contribution in [-0.2, 0) is 0 Å². The molecule has 0 heterocycles. The minimum Gasteiger partial charge on any atom is -0.310 e. The van der Waals surface area contributed by atoms with Crippen molar-refractivity contribution in [1.82, 2.24) is 0 Å². The highest BCUT2D eigenvalue weighted by atomic mass is 15.2. The van der Waals surface area contributed by atoms with Gasteiger partial charge in [-0.2, -0.15) is 0 Å². The van der Waals surface area contributed by atoms with Crippen LogP contribution in [0.15, 0.2) is 115 Å². The Morgan fingerprint density at radius 3 is 0.757 bits per heavy atom. The minimum absolute atomic E-state index is 1.13. The second-order valence-electron chi connectivity index (χ2n) is 10.0. The molecule has 5 aromatic rings. The lowest BCUT2D eigenvalue weighted by Crippen LogP contribution is -2.13. The SMILES string of the molecule is Cc1ccc(N(c2ccc(C)cc2)c2cc(C)cc(N(c3ccc(C)cc3)c3ccc(C)cc3)c2)cc1. The van der Waals surface area contributed by atoms with Crippen molar-refractivity contribution in [1.29, 1.82) is 0 Å². The van der Waals surface area contributed by atoms with Crippen molar-refractivity contribution in [2.24, 2.45) is 0 Å². The zero-order valence-electron chi connectivity index (χ0n) is 22.4. The van der Waals surface area contributed by atoms with Crippen molar-refractivity contribution >= 4 is 34.1 Å². The van der Waals surface area contributed by atoms with Gasteiger partial charge >= 0.3 is 0 Å². The molecule has 0 saturated heterocycles. The van der Waals surface area contributed by atoms with Gasteiger partial charge < -0.3 is 9.80 Å². The Balaban J connectivity index is 1.69. The van der Waals surface area contributed by atoms with E-state index in [-0.39, 0.29) is 0 Å². The van der Waals surface area contributed by atoms with Crippen molar-refractivity contribution in [3.05, 3.63) is 143 Å². The molecule has 2 nitrogen and oxygen atoms in total. The zero-order valence-corrected chi connectivity index (χ0v) is 22.4. The van der Waals surface area contributed by atoms with Gasteiger partial charge in [-0.25, -0.2) is 0 Å². The normalized spacial score (nSPS) is 10.8. The van der Waals surface area contributed by atoms with E-state index in [2.05, 4.69) is 160 Å². The van der Waals surface area contributed by atoms with E-state index in [1.165, 1.54) is 27.8 Å². The van der Waals surface area contributed by atoms with Gasteiger partial charge in [-0.1, -0.05) is 70.8 Å². The Bertz CT molecular complexity index is 1280. The first-order valence-electron chi connectivity index (χ1n) is 12.9. The van der Waals surface area contributed by atoms with E-state index in [0.29, 0.717) is 0 Å². The molecular formula is C35H34N2. The van der Waals surface area contributed by atoms with E-state index < -0.39 is 0 Å². The first-order valence-corrected chi connectivity index (χ1v) is 12.9. The van der Waals surface area contributed by atoms with E-state index in [9.17, 15) is 0 Å². The highest BCUT2D eigenvalue weighted by Gasteiger charge is 2.18. The van der Waals surface area contributed by atoms with Crippen molar-refractivity contribution < 1.29 is 0 Å². The quantitative estimate of drug-likeness (QED) is 0.237. The summed E-state index contributed by atoms with van der Waals surface area (Å²) in [5.74, 6) is 0. The average molecular weight is 483 g/mol. The second kappa shape index (κ2) is 10.4. The number of hydrogen-bond donors (Lipinski definition) is 0. The molecule has 0 saturated carbocycles. The highest BCUT2D eigenvalue weighted by molar-refractivity contribution is 5.83. The van der Waals surface area contributed by atoms with Crippen LogP contribution >= 0.6 is 0 Å². The van der Waals surface area contributed by atoms with E-state index in [1.807, 2.05) is 0 Å². The molecule has 5 aromatic carbocycles. The highest BCUT2D eigenvalue weighted by Crippen LogP contribution is 2.41. The summed E-state index contributed by atoms with van der Waals surface area (Å²) < 4.78 is 0. The van der Waals surface area contributed by atoms with Crippen LogP contribution in [0, 0.1) is 34.6 Å². The van der Waals surface area contributed by atoms with Crippen LogP contribution in [0.3, 0.4) is 0 Å². The monoisotopic (exact) mass is 482 g/mol. The van der Waals surface area contributed by atoms with E-state index in [0.717, 1.165) is 34.1 Å². The molecule has 0 aromatic heterocycles. The summed E-state index contributed by atoms with van der Waals surface area (Å²) >= 11 is 0. The van der Waals surface area contributed by atoms with Crippen LogP contribution in [0.4, 0.5) is 34.1 Å². The Labute approximate surface area is 221 Å².